The maximum atomic E-state index is 12.8. The van der Waals surface area contributed by atoms with Gasteiger partial charge < -0.3 is 15.2 Å². The Labute approximate surface area is 206 Å². The van der Waals surface area contributed by atoms with Crippen LogP contribution in [0.2, 0.25) is 0 Å². The number of carboxylic acids is 1. The lowest BCUT2D eigenvalue weighted by atomic mass is 10.1. The molecule has 192 valence electrons. The van der Waals surface area contributed by atoms with Crippen molar-refractivity contribution in [2.24, 2.45) is 0 Å². The number of hydrogen-bond acceptors (Lipinski definition) is 7. The van der Waals surface area contributed by atoms with E-state index >= 15 is 0 Å². The molecule has 2 N–H and O–H groups in total. The first-order valence-corrected chi connectivity index (χ1v) is 12.2. The molecular weight excluding hydrogens is 450 g/mol. The van der Waals surface area contributed by atoms with Crippen molar-refractivity contribution in [1.29, 1.82) is 0 Å². The van der Waals surface area contributed by atoms with Gasteiger partial charge in [0.15, 0.2) is 5.82 Å². The van der Waals surface area contributed by atoms with Gasteiger partial charge in [0.1, 0.15) is 11.6 Å². The van der Waals surface area contributed by atoms with E-state index in [1.54, 1.807) is 32.9 Å². The highest BCUT2D eigenvalue weighted by molar-refractivity contribution is 5.87. The third-order valence-corrected chi connectivity index (χ3v) is 5.22. The summed E-state index contributed by atoms with van der Waals surface area (Å²) < 4.78 is 5.49. The number of carboxylic acid groups (broad SMARTS) is 1. The Balaban J connectivity index is 1.99. The molecule has 0 aliphatic rings. The van der Waals surface area contributed by atoms with Crippen molar-refractivity contribution >= 4 is 17.8 Å². The largest absolute Gasteiger partial charge is 0.478 e. The van der Waals surface area contributed by atoms with Crippen molar-refractivity contribution in [2.75, 3.05) is 0 Å². The number of hydrogen-bond donors (Lipinski definition) is 2. The van der Waals surface area contributed by atoms with E-state index in [9.17, 15) is 14.4 Å². The van der Waals surface area contributed by atoms with Crippen LogP contribution >= 0.6 is 0 Å². The van der Waals surface area contributed by atoms with Gasteiger partial charge in [0.25, 0.3) is 0 Å². The average Bonchev–Trinajstić information content (AvgIpc) is 3.25. The molecule has 0 aliphatic carbocycles. The first-order valence-electron chi connectivity index (χ1n) is 12.2. The molecule has 0 aliphatic heterocycles. The van der Waals surface area contributed by atoms with Gasteiger partial charge >= 0.3 is 11.9 Å². The average molecular weight is 488 g/mol. The molecule has 0 saturated heterocycles. The van der Waals surface area contributed by atoms with Crippen LogP contribution in [0.5, 0.6) is 0 Å². The predicted molar refractivity (Wildman–Crippen MR) is 130 cm³/mol. The molecule has 2 rings (SSSR count). The number of benzene rings is 1. The van der Waals surface area contributed by atoms with Crippen LogP contribution in [-0.4, -0.2) is 54.8 Å². The van der Waals surface area contributed by atoms with E-state index in [4.69, 9.17) is 9.84 Å². The van der Waals surface area contributed by atoms with E-state index in [1.807, 2.05) is 0 Å². The molecule has 1 unspecified atom stereocenters. The zero-order chi connectivity index (χ0) is 25.8. The maximum absolute atomic E-state index is 12.8. The molecule has 1 atom stereocenters. The molecule has 0 fully saturated rings. The quantitative estimate of drug-likeness (QED) is 0.303. The summed E-state index contributed by atoms with van der Waals surface area (Å²) in [7, 11) is 0. The van der Waals surface area contributed by atoms with Crippen LogP contribution in [0.1, 0.15) is 95.2 Å². The van der Waals surface area contributed by atoms with Crippen LogP contribution in [0.4, 0.5) is 0 Å². The Kier molecular flexibility index (Phi) is 10.8. The molecule has 10 nitrogen and oxygen atoms in total. The molecule has 0 radical (unpaired) electrons. The summed E-state index contributed by atoms with van der Waals surface area (Å²) in [6.07, 6.45) is 8.04. The molecule has 2 aromatic rings. The molecule has 0 bridgehead atoms. The number of carbonyl (C=O) groups excluding carboxylic acids is 2. The molecule has 1 aromatic heterocycles. The van der Waals surface area contributed by atoms with E-state index in [0.717, 1.165) is 19.3 Å². The van der Waals surface area contributed by atoms with E-state index in [1.165, 1.54) is 42.6 Å². The summed E-state index contributed by atoms with van der Waals surface area (Å²) in [6, 6.07) is 5.05. The van der Waals surface area contributed by atoms with Gasteiger partial charge in [0.05, 0.1) is 11.3 Å². The molecule has 0 saturated carbocycles. The summed E-state index contributed by atoms with van der Waals surface area (Å²) in [5.41, 5.74) is -0.0524. The summed E-state index contributed by atoms with van der Waals surface area (Å²) in [6.45, 7) is 7.47. The van der Waals surface area contributed by atoms with Gasteiger partial charge in [-0.2, -0.15) is 0 Å². The third-order valence-electron chi connectivity index (χ3n) is 5.22. The van der Waals surface area contributed by atoms with Crippen LogP contribution in [-0.2, 0) is 20.7 Å². The standard InChI is InChI=1S/C25H37N5O5/c1-5-6-7-8-9-10-11-12-22(31)26-20(24(34)35-25(2,3)4)17-21-27-29-30(28-21)19-15-13-18(14-16-19)23(32)33/h13-16,20H,5-12,17H2,1-4H3,(H,26,31)(H,32,33). The van der Waals surface area contributed by atoms with Crippen molar-refractivity contribution < 1.29 is 24.2 Å². The Hall–Kier alpha value is -3.30. The van der Waals surface area contributed by atoms with E-state index in [2.05, 4.69) is 27.7 Å². The zero-order valence-corrected chi connectivity index (χ0v) is 21.1. The van der Waals surface area contributed by atoms with Gasteiger partial charge in [0, 0.05) is 12.8 Å². The minimum absolute atomic E-state index is 0.0187. The lowest BCUT2D eigenvalue weighted by Crippen LogP contribution is -2.45. The van der Waals surface area contributed by atoms with Gasteiger partial charge in [-0.1, -0.05) is 45.4 Å². The highest BCUT2D eigenvalue weighted by Crippen LogP contribution is 2.13. The second-order valence-electron chi connectivity index (χ2n) is 9.58. The lowest BCUT2D eigenvalue weighted by Gasteiger charge is -2.24. The Morgan fingerprint density at radius 1 is 1.03 bits per heavy atom. The summed E-state index contributed by atoms with van der Waals surface area (Å²) in [5.74, 6) is -1.56. The Bertz CT molecular complexity index is 965. The third kappa shape index (κ3) is 10.2. The minimum atomic E-state index is -1.03. The van der Waals surface area contributed by atoms with E-state index < -0.39 is 23.6 Å². The number of aromatic nitrogens is 4. The number of unbranched alkanes of at least 4 members (excludes halogenated alkanes) is 6. The number of amides is 1. The fraction of sp³-hybridized carbons (Fsp3) is 0.600. The minimum Gasteiger partial charge on any atom is -0.478 e. The number of esters is 1. The lowest BCUT2D eigenvalue weighted by molar-refractivity contribution is -0.158. The zero-order valence-electron chi connectivity index (χ0n) is 21.1. The fourth-order valence-corrected chi connectivity index (χ4v) is 3.43. The number of carbonyl (C=O) groups is 3. The highest BCUT2D eigenvalue weighted by atomic mass is 16.6. The van der Waals surface area contributed by atoms with Gasteiger partial charge in [-0.15, -0.1) is 15.0 Å². The van der Waals surface area contributed by atoms with E-state index in [0.29, 0.717) is 12.1 Å². The monoisotopic (exact) mass is 487 g/mol. The van der Waals surface area contributed by atoms with Crippen LogP contribution in [0.3, 0.4) is 0 Å². The fourth-order valence-electron chi connectivity index (χ4n) is 3.43. The normalized spacial score (nSPS) is 12.2. The van der Waals surface area contributed by atoms with Crippen LogP contribution < -0.4 is 5.32 Å². The summed E-state index contributed by atoms with van der Waals surface area (Å²) in [4.78, 5) is 37.6. The van der Waals surface area contributed by atoms with Crippen molar-refractivity contribution in [2.45, 2.75) is 97.1 Å². The van der Waals surface area contributed by atoms with Gasteiger partial charge in [-0.25, -0.2) is 9.59 Å². The molecule has 0 spiro atoms. The second-order valence-corrected chi connectivity index (χ2v) is 9.58. The highest BCUT2D eigenvalue weighted by Gasteiger charge is 2.28. The molecule has 10 heteroatoms. The van der Waals surface area contributed by atoms with Crippen molar-refractivity contribution in [3.05, 3.63) is 35.7 Å². The molecule has 1 amide bonds. The van der Waals surface area contributed by atoms with Crippen LogP contribution in [0.25, 0.3) is 5.69 Å². The predicted octanol–water partition coefficient (Wildman–Crippen LogP) is 3.87. The number of aromatic carboxylic acids is 1. The summed E-state index contributed by atoms with van der Waals surface area (Å²) >= 11 is 0. The topological polar surface area (TPSA) is 136 Å². The SMILES string of the molecule is CCCCCCCCCC(=O)NC(Cc1nnn(-c2ccc(C(=O)O)cc2)n1)C(=O)OC(C)(C)C. The number of rotatable bonds is 14. The van der Waals surface area contributed by atoms with Crippen molar-refractivity contribution in [1.82, 2.24) is 25.5 Å². The van der Waals surface area contributed by atoms with Gasteiger partial charge in [0.2, 0.25) is 5.91 Å². The van der Waals surface area contributed by atoms with Gasteiger partial charge in [-0.3, -0.25) is 4.79 Å². The smallest absolute Gasteiger partial charge is 0.335 e. The number of nitrogens with zero attached hydrogens (tertiary/aromatic N) is 4. The van der Waals surface area contributed by atoms with Crippen LogP contribution in [0.15, 0.2) is 24.3 Å². The number of nitrogens with one attached hydrogen (secondary N) is 1. The summed E-state index contributed by atoms with van der Waals surface area (Å²) in [5, 5.41) is 24.1. The van der Waals surface area contributed by atoms with Crippen LogP contribution in [0, 0.1) is 0 Å². The maximum Gasteiger partial charge on any atom is 0.335 e. The Morgan fingerprint density at radius 3 is 2.26 bits per heavy atom. The van der Waals surface area contributed by atoms with Crippen molar-refractivity contribution in [3.63, 3.8) is 0 Å². The Morgan fingerprint density at radius 2 is 1.66 bits per heavy atom. The molecule has 1 heterocycles. The number of ether oxygens (including phenoxy) is 1. The molecule has 1 aromatic carbocycles. The molecule has 35 heavy (non-hydrogen) atoms. The van der Waals surface area contributed by atoms with Gasteiger partial charge in [-0.05, 0) is 56.7 Å². The first-order chi connectivity index (χ1) is 16.6. The second kappa shape index (κ2) is 13.6. The van der Waals surface area contributed by atoms with E-state index in [-0.39, 0.29) is 23.7 Å². The van der Waals surface area contributed by atoms with Crippen molar-refractivity contribution in [3.8, 4) is 5.69 Å². The molecular formula is C25H37N5O5. The number of tetrazole rings is 1. The first kappa shape index (κ1) is 27.9.